The Morgan fingerprint density at radius 3 is 2.22 bits per heavy atom. The third kappa shape index (κ3) is 1.61. The summed E-state index contributed by atoms with van der Waals surface area (Å²) in [6, 6.07) is 4.99. The van der Waals surface area contributed by atoms with Gasteiger partial charge in [-0.2, -0.15) is 0 Å². The molecule has 98 valence electrons. The molecule has 1 aliphatic carbocycles. The van der Waals surface area contributed by atoms with Gasteiger partial charge in [0.05, 0.1) is 4.90 Å². The zero-order chi connectivity index (χ0) is 13.8. The minimum absolute atomic E-state index is 0.343. The van der Waals surface area contributed by atoms with Gasteiger partial charge in [-0.1, -0.05) is 18.2 Å². The van der Waals surface area contributed by atoms with Gasteiger partial charge in [0.1, 0.15) is 0 Å². The summed E-state index contributed by atoms with van der Waals surface area (Å²) in [5.41, 5.74) is -2.75. The number of carboxylic acid groups (broad SMARTS) is 1. The first-order chi connectivity index (χ1) is 8.13. The molecule has 1 N–H and O–H groups in total. The number of benzene rings is 1. The summed E-state index contributed by atoms with van der Waals surface area (Å²) in [6.07, 6.45) is -0.0101. The first-order valence-corrected chi connectivity index (χ1v) is 6.93. The molecule has 1 fully saturated rings. The van der Waals surface area contributed by atoms with E-state index < -0.39 is 33.6 Å². The highest BCUT2D eigenvalue weighted by Crippen LogP contribution is 2.62. The number of alkyl halides is 2. The van der Waals surface area contributed by atoms with E-state index in [1.165, 1.54) is 12.1 Å². The molecule has 0 bridgehead atoms. The molecule has 1 unspecified atom stereocenters. The van der Waals surface area contributed by atoms with Gasteiger partial charge in [0.15, 0.2) is 15.3 Å². The van der Waals surface area contributed by atoms with Crippen molar-refractivity contribution in [3.05, 3.63) is 29.8 Å². The average molecular weight is 276 g/mol. The van der Waals surface area contributed by atoms with E-state index in [1.807, 2.05) is 0 Å². The van der Waals surface area contributed by atoms with Gasteiger partial charge >= 0.3 is 5.97 Å². The fraction of sp³-hybridized carbons (Fsp3) is 0.364. The summed E-state index contributed by atoms with van der Waals surface area (Å²) in [4.78, 5) is 10.7. The van der Waals surface area contributed by atoms with Crippen molar-refractivity contribution in [2.45, 2.75) is 22.7 Å². The van der Waals surface area contributed by atoms with E-state index in [-0.39, 0.29) is 10.5 Å². The first kappa shape index (κ1) is 12.9. The lowest BCUT2D eigenvalue weighted by molar-refractivity contribution is -0.143. The molecule has 0 aromatic heterocycles. The van der Waals surface area contributed by atoms with Crippen molar-refractivity contribution in [1.82, 2.24) is 0 Å². The Morgan fingerprint density at radius 2 is 1.83 bits per heavy atom. The summed E-state index contributed by atoms with van der Waals surface area (Å²) < 4.78 is 49.8. The van der Waals surface area contributed by atoms with E-state index in [0.717, 1.165) is 18.4 Å². The number of hydrogen-bond acceptors (Lipinski definition) is 3. The van der Waals surface area contributed by atoms with Crippen molar-refractivity contribution in [3.8, 4) is 0 Å². The molecule has 1 atom stereocenters. The average Bonchev–Trinajstić information content (AvgIpc) is 2.82. The zero-order valence-corrected chi connectivity index (χ0v) is 10.2. The standard InChI is InChI=1S/C11H10F2O4S/c1-18(16,17)8-5-3-2-4-7(8)10(9(14)15)6-11(10,12)13/h2-5H,6H2,1H3,(H,14,15). The Hall–Kier alpha value is -1.50. The second kappa shape index (κ2) is 3.50. The van der Waals surface area contributed by atoms with E-state index in [4.69, 9.17) is 5.11 Å². The van der Waals surface area contributed by atoms with Crippen LogP contribution in [0.25, 0.3) is 0 Å². The predicted octanol–water partition coefficient (Wildman–Crippen LogP) is 1.45. The molecule has 4 nitrogen and oxygen atoms in total. The fourth-order valence-corrected chi connectivity index (χ4v) is 3.04. The van der Waals surface area contributed by atoms with Crippen LogP contribution < -0.4 is 0 Å². The number of sulfone groups is 1. The summed E-state index contributed by atoms with van der Waals surface area (Å²) in [7, 11) is -3.76. The smallest absolute Gasteiger partial charge is 0.320 e. The van der Waals surface area contributed by atoms with Crippen molar-refractivity contribution < 1.29 is 27.1 Å². The minimum Gasteiger partial charge on any atom is -0.480 e. The molecular weight excluding hydrogens is 266 g/mol. The Morgan fingerprint density at radius 1 is 1.33 bits per heavy atom. The maximum atomic E-state index is 13.4. The quantitative estimate of drug-likeness (QED) is 0.907. The molecule has 0 radical (unpaired) electrons. The highest BCUT2D eigenvalue weighted by Gasteiger charge is 2.78. The minimum atomic E-state index is -3.76. The van der Waals surface area contributed by atoms with E-state index >= 15 is 0 Å². The van der Waals surface area contributed by atoms with Crippen LogP contribution in [0.3, 0.4) is 0 Å². The number of rotatable bonds is 3. The second-order valence-electron chi connectivity index (χ2n) is 4.36. The molecule has 1 saturated carbocycles. The van der Waals surface area contributed by atoms with Gasteiger partial charge in [0.2, 0.25) is 0 Å². The summed E-state index contributed by atoms with van der Waals surface area (Å²) in [5.74, 6) is -5.12. The molecule has 0 spiro atoms. The molecule has 1 aromatic rings. The fourth-order valence-electron chi connectivity index (χ4n) is 2.07. The summed E-state index contributed by atoms with van der Waals surface area (Å²) >= 11 is 0. The lowest BCUT2D eigenvalue weighted by Gasteiger charge is -2.15. The Balaban J connectivity index is 2.71. The lowest BCUT2D eigenvalue weighted by Crippen LogP contribution is -2.28. The number of carbonyl (C=O) groups is 1. The largest absolute Gasteiger partial charge is 0.480 e. The Labute approximate surface area is 102 Å². The molecule has 18 heavy (non-hydrogen) atoms. The molecule has 0 aliphatic heterocycles. The normalized spacial score (nSPS) is 25.7. The van der Waals surface area contributed by atoms with E-state index in [0.29, 0.717) is 0 Å². The van der Waals surface area contributed by atoms with Crippen LogP contribution in [0.4, 0.5) is 8.78 Å². The number of hydrogen-bond donors (Lipinski definition) is 1. The Kier molecular flexibility index (Phi) is 2.52. The van der Waals surface area contributed by atoms with E-state index in [9.17, 15) is 22.0 Å². The summed E-state index contributed by atoms with van der Waals surface area (Å²) in [6.45, 7) is 0. The third-order valence-electron chi connectivity index (χ3n) is 3.10. The van der Waals surface area contributed by atoms with Crippen LogP contribution >= 0.6 is 0 Å². The maximum Gasteiger partial charge on any atom is 0.320 e. The van der Waals surface area contributed by atoms with Gasteiger partial charge in [0.25, 0.3) is 5.92 Å². The third-order valence-corrected chi connectivity index (χ3v) is 4.25. The molecule has 0 amide bonds. The molecule has 1 aromatic carbocycles. The van der Waals surface area contributed by atoms with Crippen LogP contribution in [0.5, 0.6) is 0 Å². The van der Waals surface area contributed by atoms with Gasteiger partial charge < -0.3 is 5.11 Å². The van der Waals surface area contributed by atoms with E-state index in [1.54, 1.807) is 0 Å². The van der Waals surface area contributed by atoms with Crippen LogP contribution in [-0.2, 0) is 20.0 Å². The summed E-state index contributed by atoms with van der Waals surface area (Å²) in [5, 5.41) is 9.01. The molecule has 2 rings (SSSR count). The maximum absolute atomic E-state index is 13.4. The van der Waals surface area contributed by atoms with Crippen molar-refractivity contribution in [2.24, 2.45) is 0 Å². The van der Waals surface area contributed by atoms with Crippen LogP contribution in [0, 0.1) is 0 Å². The van der Waals surface area contributed by atoms with Crippen LogP contribution in [-0.4, -0.2) is 31.7 Å². The van der Waals surface area contributed by atoms with Gasteiger partial charge in [-0.25, -0.2) is 17.2 Å². The monoisotopic (exact) mass is 276 g/mol. The lowest BCUT2D eigenvalue weighted by atomic mass is 9.95. The molecule has 1 aliphatic rings. The molecular formula is C11H10F2O4S. The van der Waals surface area contributed by atoms with Gasteiger partial charge in [0, 0.05) is 12.7 Å². The highest BCUT2D eigenvalue weighted by molar-refractivity contribution is 7.90. The van der Waals surface area contributed by atoms with Crippen molar-refractivity contribution in [2.75, 3.05) is 6.26 Å². The number of aliphatic carboxylic acids is 1. The van der Waals surface area contributed by atoms with Crippen LogP contribution in [0.15, 0.2) is 29.2 Å². The predicted molar refractivity (Wildman–Crippen MR) is 58.4 cm³/mol. The molecule has 0 heterocycles. The molecule has 7 heteroatoms. The second-order valence-corrected chi connectivity index (χ2v) is 6.34. The van der Waals surface area contributed by atoms with Gasteiger partial charge in [-0.05, 0) is 11.6 Å². The Bertz CT molecular complexity index is 624. The highest BCUT2D eigenvalue weighted by atomic mass is 32.2. The van der Waals surface area contributed by atoms with Crippen molar-refractivity contribution in [3.63, 3.8) is 0 Å². The topological polar surface area (TPSA) is 71.4 Å². The van der Waals surface area contributed by atoms with Crippen LogP contribution in [0.1, 0.15) is 12.0 Å². The SMILES string of the molecule is CS(=O)(=O)c1ccccc1C1(C(=O)O)CC1(F)F. The van der Waals surface area contributed by atoms with Gasteiger partial charge in [-0.15, -0.1) is 0 Å². The van der Waals surface area contributed by atoms with Crippen LogP contribution in [0.2, 0.25) is 0 Å². The van der Waals surface area contributed by atoms with Gasteiger partial charge in [-0.3, -0.25) is 4.79 Å². The first-order valence-electron chi connectivity index (χ1n) is 5.04. The van der Waals surface area contributed by atoms with Crippen molar-refractivity contribution in [1.29, 1.82) is 0 Å². The number of carboxylic acids is 1. The number of halogens is 2. The molecule has 0 saturated heterocycles. The van der Waals surface area contributed by atoms with E-state index in [2.05, 4.69) is 0 Å². The van der Waals surface area contributed by atoms with Crippen molar-refractivity contribution >= 4 is 15.8 Å². The zero-order valence-electron chi connectivity index (χ0n) is 9.35.